The van der Waals surface area contributed by atoms with Gasteiger partial charge in [0.05, 0.1) is 5.92 Å². The van der Waals surface area contributed by atoms with Crippen LogP contribution >= 0.6 is 0 Å². The summed E-state index contributed by atoms with van der Waals surface area (Å²) in [6, 6.07) is 8.48. The highest BCUT2D eigenvalue weighted by molar-refractivity contribution is 5.78. The second-order valence-corrected chi connectivity index (χ2v) is 5.07. The van der Waals surface area contributed by atoms with Crippen LogP contribution in [0.15, 0.2) is 24.3 Å². The highest BCUT2D eigenvalue weighted by Crippen LogP contribution is 2.09. The lowest BCUT2D eigenvalue weighted by atomic mass is 9.99. The largest absolute Gasteiger partial charge is 0.355 e. The smallest absolute Gasteiger partial charge is 0.224 e. The molecule has 0 bridgehead atoms. The van der Waals surface area contributed by atoms with Crippen molar-refractivity contribution in [3.8, 4) is 0 Å². The molecule has 0 spiro atoms. The van der Waals surface area contributed by atoms with E-state index in [1.165, 1.54) is 11.1 Å². The number of carbonyl (C=O) groups is 1. The first-order valence-electron chi connectivity index (χ1n) is 6.79. The maximum Gasteiger partial charge on any atom is 0.224 e. The van der Waals surface area contributed by atoms with E-state index in [-0.39, 0.29) is 11.8 Å². The maximum absolute atomic E-state index is 11.9. The summed E-state index contributed by atoms with van der Waals surface area (Å²) >= 11 is 0. The number of rotatable bonds is 4. The van der Waals surface area contributed by atoms with Crippen LogP contribution in [-0.4, -0.2) is 25.5 Å². The summed E-state index contributed by atoms with van der Waals surface area (Å²) in [5.74, 6) is 0.367. The topological polar surface area (TPSA) is 41.1 Å². The third kappa shape index (κ3) is 3.84. The summed E-state index contributed by atoms with van der Waals surface area (Å²) in [6.07, 6.45) is 3.03. The molecule has 1 aromatic carbocycles. The standard InChI is InChI=1S/C15H22N2O/c1-12-4-6-13(7-5-12)8-10-17-15(18)14-3-2-9-16-11-14/h4-7,14,16H,2-3,8-11H2,1H3,(H,17,18). The van der Waals surface area contributed by atoms with Crippen LogP contribution < -0.4 is 10.6 Å². The molecule has 98 valence electrons. The maximum atomic E-state index is 11.9. The Bertz CT molecular complexity index is 380. The van der Waals surface area contributed by atoms with E-state index >= 15 is 0 Å². The Morgan fingerprint density at radius 3 is 2.83 bits per heavy atom. The third-order valence-electron chi connectivity index (χ3n) is 3.50. The molecule has 3 nitrogen and oxygen atoms in total. The molecule has 18 heavy (non-hydrogen) atoms. The van der Waals surface area contributed by atoms with Gasteiger partial charge in [0.2, 0.25) is 5.91 Å². The zero-order chi connectivity index (χ0) is 12.8. The van der Waals surface area contributed by atoms with Gasteiger partial charge < -0.3 is 10.6 Å². The Balaban J connectivity index is 1.71. The highest BCUT2D eigenvalue weighted by atomic mass is 16.1. The van der Waals surface area contributed by atoms with Crippen LogP contribution in [0.3, 0.4) is 0 Å². The van der Waals surface area contributed by atoms with Crippen LogP contribution in [0.1, 0.15) is 24.0 Å². The van der Waals surface area contributed by atoms with Gasteiger partial charge in [-0.2, -0.15) is 0 Å². The van der Waals surface area contributed by atoms with E-state index in [1.54, 1.807) is 0 Å². The second-order valence-electron chi connectivity index (χ2n) is 5.07. The van der Waals surface area contributed by atoms with Crippen molar-refractivity contribution in [1.82, 2.24) is 10.6 Å². The summed E-state index contributed by atoms with van der Waals surface area (Å²) in [5.41, 5.74) is 2.55. The fraction of sp³-hybridized carbons (Fsp3) is 0.533. The molecule has 1 aromatic rings. The van der Waals surface area contributed by atoms with Crippen molar-refractivity contribution in [1.29, 1.82) is 0 Å². The normalized spacial score (nSPS) is 19.5. The number of nitrogens with one attached hydrogen (secondary N) is 2. The van der Waals surface area contributed by atoms with Crippen LogP contribution in [0.5, 0.6) is 0 Å². The van der Waals surface area contributed by atoms with E-state index in [1.807, 2.05) is 0 Å². The van der Waals surface area contributed by atoms with E-state index < -0.39 is 0 Å². The average Bonchev–Trinajstić information content (AvgIpc) is 2.42. The van der Waals surface area contributed by atoms with Gasteiger partial charge in [-0.05, 0) is 38.3 Å². The predicted molar refractivity (Wildman–Crippen MR) is 73.5 cm³/mol. The zero-order valence-corrected chi connectivity index (χ0v) is 11.0. The van der Waals surface area contributed by atoms with Crippen LogP contribution in [0.25, 0.3) is 0 Å². The second kappa shape index (κ2) is 6.55. The first kappa shape index (κ1) is 13.1. The van der Waals surface area contributed by atoms with Gasteiger partial charge in [-0.25, -0.2) is 0 Å². The molecule has 1 aliphatic rings. The number of benzene rings is 1. The average molecular weight is 246 g/mol. The first-order chi connectivity index (χ1) is 8.75. The molecule has 0 radical (unpaired) electrons. The molecule has 1 fully saturated rings. The molecular formula is C15H22N2O. The Morgan fingerprint density at radius 2 is 2.17 bits per heavy atom. The van der Waals surface area contributed by atoms with E-state index in [2.05, 4.69) is 41.8 Å². The van der Waals surface area contributed by atoms with Crippen molar-refractivity contribution in [3.05, 3.63) is 35.4 Å². The van der Waals surface area contributed by atoms with Crippen LogP contribution in [-0.2, 0) is 11.2 Å². The fourth-order valence-corrected chi connectivity index (χ4v) is 2.30. The Kier molecular flexibility index (Phi) is 4.76. The minimum atomic E-state index is 0.164. The van der Waals surface area contributed by atoms with Crippen molar-refractivity contribution in [2.45, 2.75) is 26.2 Å². The van der Waals surface area contributed by atoms with Crippen molar-refractivity contribution >= 4 is 5.91 Å². The molecule has 0 aromatic heterocycles. The quantitative estimate of drug-likeness (QED) is 0.848. The molecule has 1 amide bonds. The summed E-state index contributed by atoms with van der Waals surface area (Å²) in [4.78, 5) is 11.9. The number of carbonyl (C=O) groups excluding carboxylic acids is 1. The minimum absolute atomic E-state index is 0.164. The molecule has 1 unspecified atom stereocenters. The highest BCUT2D eigenvalue weighted by Gasteiger charge is 2.19. The van der Waals surface area contributed by atoms with Crippen LogP contribution in [0, 0.1) is 12.8 Å². The van der Waals surface area contributed by atoms with Crippen LogP contribution in [0.4, 0.5) is 0 Å². The number of aryl methyl sites for hydroxylation is 1. The monoisotopic (exact) mass is 246 g/mol. The molecule has 1 heterocycles. The molecule has 2 N–H and O–H groups in total. The van der Waals surface area contributed by atoms with Gasteiger partial charge >= 0.3 is 0 Å². The molecule has 1 aliphatic heterocycles. The van der Waals surface area contributed by atoms with E-state index in [9.17, 15) is 4.79 Å². The molecule has 0 saturated carbocycles. The van der Waals surface area contributed by atoms with Crippen molar-refractivity contribution < 1.29 is 4.79 Å². The minimum Gasteiger partial charge on any atom is -0.355 e. The summed E-state index contributed by atoms with van der Waals surface area (Å²) < 4.78 is 0. The lowest BCUT2D eigenvalue weighted by molar-refractivity contribution is -0.125. The SMILES string of the molecule is Cc1ccc(CCNC(=O)C2CCCNC2)cc1. The van der Waals surface area contributed by atoms with Crippen molar-refractivity contribution in [2.75, 3.05) is 19.6 Å². The Morgan fingerprint density at radius 1 is 1.39 bits per heavy atom. The van der Waals surface area contributed by atoms with Gasteiger partial charge in [0.25, 0.3) is 0 Å². The molecule has 3 heteroatoms. The van der Waals surface area contributed by atoms with E-state index in [4.69, 9.17) is 0 Å². The fourth-order valence-electron chi connectivity index (χ4n) is 2.30. The lowest BCUT2D eigenvalue weighted by Crippen LogP contribution is -2.41. The van der Waals surface area contributed by atoms with Gasteiger partial charge in [0, 0.05) is 13.1 Å². The molecule has 1 saturated heterocycles. The van der Waals surface area contributed by atoms with Crippen molar-refractivity contribution in [2.24, 2.45) is 5.92 Å². The summed E-state index contributed by atoms with van der Waals surface area (Å²) in [6.45, 7) is 4.70. The lowest BCUT2D eigenvalue weighted by Gasteiger charge is -2.21. The summed E-state index contributed by atoms with van der Waals surface area (Å²) in [5, 5.41) is 6.31. The van der Waals surface area contributed by atoms with Gasteiger partial charge in [0.1, 0.15) is 0 Å². The predicted octanol–water partition coefficient (Wildman–Crippen LogP) is 1.65. The van der Waals surface area contributed by atoms with Gasteiger partial charge in [-0.3, -0.25) is 4.79 Å². The molecular weight excluding hydrogens is 224 g/mol. The third-order valence-corrected chi connectivity index (χ3v) is 3.50. The zero-order valence-electron chi connectivity index (χ0n) is 11.0. The molecule has 2 rings (SSSR count). The number of hydrogen-bond acceptors (Lipinski definition) is 2. The van der Waals surface area contributed by atoms with Gasteiger partial charge in [-0.15, -0.1) is 0 Å². The van der Waals surface area contributed by atoms with E-state index in [0.717, 1.165) is 38.9 Å². The number of hydrogen-bond donors (Lipinski definition) is 2. The Labute approximate surface area is 109 Å². The molecule has 0 aliphatic carbocycles. The molecule has 1 atom stereocenters. The Hall–Kier alpha value is -1.35. The number of amides is 1. The van der Waals surface area contributed by atoms with Gasteiger partial charge in [-0.1, -0.05) is 29.8 Å². The number of piperidine rings is 1. The van der Waals surface area contributed by atoms with E-state index in [0.29, 0.717) is 0 Å². The summed E-state index contributed by atoms with van der Waals surface area (Å²) in [7, 11) is 0. The van der Waals surface area contributed by atoms with Crippen LogP contribution in [0.2, 0.25) is 0 Å². The van der Waals surface area contributed by atoms with Gasteiger partial charge in [0.15, 0.2) is 0 Å². The van der Waals surface area contributed by atoms with Crippen molar-refractivity contribution in [3.63, 3.8) is 0 Å². The first-order valence-corrected chi connectivity index (χ1v) is 6.79.